The number of aryl methyl sites for hydroxylation is 1. The van der Waals surface area contributed by atoms with E-state index < -0.39 is 24.6 Å². The number of aliphatic hydroxyl groups excluding tert-OH is 1. The molecule has 0 bridgehead atoms. The SMILES string of the molecule is Cc1ccncc1CNC(=O)N[C@H](CO)C(=O)O. The number of hydrogen-bond acceptors (Lipinski definition) is 4. The molecule has 1 aromatic rings. The molecule has 2 amide bonds. The van der Waals surface area contributed by atoms with Gasteiger partial charge in [0.05, 0.1) is 6.61 Å². The van der Waals surface area contributed by atoms with Gasteiger partial charge in [0.15, 0.2) is 6.04 Å². The summed E-state index contributed by atoms with van der Waals surface area (Å²) >= 11 is 0. The first-order chi connectivity index (χ1) is 8.54. The van der Waals surface area contributed by atoms with E-state index in [1.165, 1.54) is 0 Å². The average molecular weight is 253 g/mol. The molecule has 7 nitrogen and oxygen atoms in total. The molecule has 1 rings (SSSR count). The molecule has 7 heteroatoms. The summed E-state index contributed by atoms with van der Waals surface area (Å²) in [6, 6.07) is -0.150. The van der Waals surface area contributed by atoms with E-state index in [1.54, 1.807) is 12.4 Å². The van der Waals surface area contributed by atoms with Gasteiger partial charge in [-0.25, -0.2) is 9.59 Å². The van der Waals surface area contributed by atoms with Crippen LogP contribution in [0.25, 0.3) is 0 Å². The Morgan fingerprint density at radius 1 is 1.50 bits per heavy atom. The second kappa shape index (κ2) is 6.55. The molecule has 98 valence electrons. The van der Waals surface area contributed by atoms with Crippen LogP contribution in [-0.2, 0) is 11.3 Å². The van der Waals surface area contributed by atoms with Gasteiger partial charge in [-0.3, -0.25) is 4.98 Å². The van der Waals surface area contributed by atoms with Crippen molar-refractivity contribution in [1.82, 2.24) is 15.6 Å². The standard InChI is InChI=1S/C11H15N3O4/c1-7-2-3-12-4-8(7)5-13-11(18)14-9(6-15)10(16)17/h2-4,9,15H,5-6H2,1H3,(H,16,17)(H2,13,14,18)/t9-/m1/s1. The molecule has 1 heterocycles. The van der Waals surface area contributed by atoms with Crippen LogP contribution in [0.3, 0.4) is 0 Å². The van der Waals surface area contributed by atoms with Crippen molar-refractivity contribution in [3.8, 4) is 0 Å². The van der Waals surface area contributed by atoms with Crippen LogP contribution in [0.5, 0.6) is 0 Å². The third-order valence-electron chi connectivity index (χ3n) is 2.37. The van der Waals surface area contributed by atoms with Crippen LogP contribution in [-0.4, -0.2) is 39.8 Å². The highest BCUT2D eigenvalue weighted by Gasteiger charge is 2.18. The Kier molecular flexibility index (Phi) is 5.06. The highest BCUT2D eigenvalue weighted by Crippen LogP contribution is 2.03. The first-order valence-corrected chi connectivity index (χ1v) is 5.32. The van der Waals surface area contributed by atoms with Crippen molar-refractivity contribution >= 4 is 12.0 Å². The zero-order chi connectivity index (χ0) is 13.5. The monoisotopic (exact) mass is 253 g/mol. The van der Waals surface area contributed by atoms with Crippen molar-refractivity contribution in [3.63, 3.8) is 0 Å². The first kappa shape index (κ1) is 13.9. The fourth-order valence-corrected chi connectivity index (χ4v) is 1.25. The summed E-state index contributed by atoms with van der Waals surface area (Å²) in [5, 5.41) is 22.0. The maximum Gasteiger partial charge on any atom is 0.328 e. The number of nitrogens with one attached hydrogen (secondary N) is 2. The second-order valence-electron chi connectivity index (χ2n) is 3.70. The van der Waals surface area contributed by atoms with E-state index in [0.717, 1.165) is 11.1 Å². The van der Waals surface area contributed by atoms with Gasteiger partial charge in [0.25, 0.3) is 0 Å². The predicted molar refractivity (Wildman–Crippen MR) is 62.9 cm³/mol. The van der Waals surface area contributed by atoms with Crippen molar-refractivity contribution < 1.29 is 19.8 Å². The van der Waals surface area contributed by atoms with Crippen LogP contribution < -0.4 is 10.6 Å². The number of amides is 2. The number of carbonyl (C=O) groups is 2. The molecule has 0 aliphatic rings. The van der Waals surface area contributed by atoms with E-state index in [-0.39, 0.29) is 6.54 Å². The predicted octanol–water partition coefficient (Wildman–Crippen LogP) is -0.365. The van der Waals surface area contributed by atoms with Crippen LogP contribution in [0.4, 0.5) is 4.79 Å². The van der Waals surface area contributed by atoms with Gasteiger partial charge in [-0.05, 0) is 24.1 Å². The number of carboxylic acid groups (broad SMARTS) is 1. The molecular weight excluding hydrogens is 238 g/mol. The Morgan fingerprint density at radius 3 is 2.78 bits per heavy atom. The molecule has 0 unspecified atom stereocenters. The molecular formula is C11H15N3O4. The van der Waals surface area contributed by atoms with Gasteiger partial charge < -0.3 is 20.8 Å². The summed E-state index contributed by atoms with van der Waals surface area (Å²) in [7, 11) is 0. The van der Waals surface area contributed by atoms with Crippen LogP contribution in [0.15, 0.2) is 18.5 Å². The minimum Gasteiger partial charge on any atom is -0.480 e. The third kappa shape index (κ3) is 4.02. The van der Waals surface area contributed by atoms with E-state index in [2.05, 4.69) is 15.6 Å². The summed E-state index contributed by atoms with van der Waals surface area (Å²) in [6.45, 7) is 1.46. The molecule has 0 saturated heterocycles. The molecule has 0 spiro atoms. The van der Waals surface area contributed by atoms with Crippen LogP contribution >= 0.6 is 0 Å². The Labute approximate surface area is 104 Å². The Balaban J connectivity index is 2.47. The summed E-state index contributed by atoms with van der Waals surface area (Å²) in [6.07, 6.45) is 3.27. The van der Waals surface area contributed by atoms with E-state index >= 15 is 0 Å². The molecule has 0 fully saturated rings. The van der Waals surface area contributed by atoms with E-state index in [9.17, 15) is 9.59 Å². The zero-order valence-corrected chi connectivity index (χ0v) is 9.88. The molecule has 1 atom stereocenters. The van der Waals surface area contributed by atoms with E-state index in [4.69, 9.17) is 10.2 Å². The largest absolute Gasteiger partial charge is 0.480 e. The molecule has 0 radical (unpaired) electrons. The second-order valence-corrected chi connectivity index (χ2v) is 3.70. The number of aromatic nitrogens is 1. The van der Waals surface area contributed by atoms with Gasteiger partial charge in [-0.15, -0.1) is 0 Å². The lowest BCUT2D eigenvalue weighted by atomic mass is 10.2. The van der Waals surface area contributed by atoms with Crippen molar-refractivity contribution in [3.05, 3.63) is 29.6 Å². The first-order valence-electron chi connectivity index (χ1n) is 5.32. The summed E-state index contributed by atoms with van der Waals surface area (Å²) < 4.78 is 0. The molecule has 0 aliphatic heterocycles. The lowest BCUT2D eigenvalue weighted by molar-refractivity contribution is -0.140. The highest BCUT2D eigenvalue weighted by atomic mass is 16.4. The molecule has 0 aliphatic carbocycles. The molecule has 0 aromatic carbocycles. The van der Waals surface area contributed by atoms with Gasteiger partial charge in [0.1, 0.15) is 0 Å². The highest BCUT2D eigenvalue weighted by molar-refractivity contribution is 5.82. The maximum atomic E-state index is 11.4. The number of carbonyl (C=O) groups excluding carboxylic acids is 1. The van der Waals surface area contributed by atoms with Gasteiger partial charge in [-0.2, -0.15) is 0 Å². The summed E-state index contributed by atoms with van der Waals surface area (Å²) in [5.41, 5.74) is 1.81. The lowest BCUT2D eigenvalue weighted by Gasteiger charge is -2.13. The van der Waals surface area contributed by atoms with Gasteiger partial charge in [0.2, 0.25) is 0 Å². The number of nitrogens with zero attached hydrogens (tertiary/aromatic N) is 1. The van der Waals surface area contributed by atoms with Gasteiger partial charge in [0, 0.05) is 18.9 Å². The Bertz CT molecular complexity index is 436. The van der Waals surface area contributed by atoms with Crippen LogP contribution in [0.1, 0.15) is 11.1 Å². The quantitative estimate of drug-likeness (QED) is 0.572. The van der Waals surface area contributed by atoms with E-state index in [0.29, 0.717) is 0 Å². The average Bonchev–Trinajstić information content (AvgIpc) is 2.34. The number of pyridine rings is 1. The van der Waals surface area contributed by atoms with Crippen LogP contribution in [0, 0.1) is 6.92 Å². The number of carboxylic acids is 1. The Morgan fingerprint density at radius 2 is 2.22 bits per heavy atom. The zero-order valence-electron chi connectivity index (χ0n) is 9.88. The topological polar surface area (TPSA) is 112 Å². The molecule has 4 N–H and O–H groups in total. The number of aliphatic carboxylic acids is 1. The number of aliphatic hydroxyl groups is 1. The van der Waals surface area contributed by atoms with Gasteiger partial charge in [-0.1, -0.05) is 0 Å². The minimum atomic E-state index is -1.31. The number of urea groups is 1. The van der Waals surface area contributed by atoms with Crippen molar-refractivity contribution in [2.75, 3.05) is 6.61 Å². The Hall–Kier alpha value is -2.15. The summed E-state index contributed by atoms with van der Waals surface area (Å²) in [5.74, 6) is -1.29. The summed E-state index contributed by atoms with van der Waals surface area (Å²) in [4.78, 5) is 25.9. The third-order valence-corrected chi connectivity index (χ3v) is 2.37. The van der Waals surface area contributed by atoms with Crippen molar-refractivity contribution in [2.45, 2.75) is 19.5 Å². The molecule has 1 aromatic heterocycles. The normalized spacial score (nSPS) is 11.7. The fraction of sp³-hybridized carbons (Fsp3) is 0.364. The van der Waals surface area contributed by atoms with E-state index in [1.807, 2.05) is 13.0 Å². The lowest BCUT2D eigenvalue weighted by Crippen LogP contribution is -2.47. The molecule has 0 saturated carbocycles. The molecule has 18 heavy (non-hydrogen) atoms. The smallest absolute Gasteiger partial charge is 0.328 e. The van der Waals surface area contributed by atoms with Crippen LogP contribution in [0.2, 0.25) is 0 Å². The van der Waals surface area contributed by atoms with Crippen molar-refractivity contribution in [2.24, 2.45) is 0 Å². The fourth-order valence-electron chi connectivity index (χ4n) is 1.25. The maximum absolute atomic E-state index is 11.4. The minimum absolute atomic E-state index is 0.239. The number of hydrogen-bond donors (Lipinski definition) is 4. The number of rotatable bonds is 5. The van der Waals surface area contributed by atoms with Gasteiger partial charge >= 0.3 is 12.0 Å². The van der Waals surface area contributed by atoms with Crippen molar-refractivity contribution in [1.29, 1.82) is 0 Å².